The number of nitrogens with zero attached hydrogens (tertiary/aromatic N) is 2. The van der Waals surface area contributed by atoms with Crippen LogP contribution in [0, 0.1) is 6.92 Å². The Morgan fingerprint density at radius 1 is 1.00 bits per heavy atom. The number of hydrogen-bond acceptors (Lipinski definition) is 9. The third-order valence-corrected chi connectivity index (χ3v) is 8.00. The molecule has 41 heavy (non-hydrogen) atoms. The quantitative estimate of drug-likeness (QED) is 0.324. The summed E-state index contributed by atoms with van der Waals surface area (Å²) in [5, 5.41) is 3.16. The van der Waals surface area contributed by atoms with E-state index in [0.29, 0.717) is 28.5 Å². The zero-order valence-electron chi connectivity index (χ0n) is 23.6. The number of nitrogens with two attached hydrogens (primary N) is 2. The van der Waals surface area contributed by atoms with Gasteiger partial charge in [-0.3, -0.25) is 19.3 Å². The van der Waals surface area contributed by atoms with Crippen molar-refractivity contribution in [3.63, 3.8) is 0 Å². The molecule has 0 spiro atoms. The molecule has 0 unspecified atom stereocenters. The summed E-state index contributed by atoms with van der Waals surface area (Å²) >= 11 is 0.752. The molecule has 11 nitrogen and oxygen atoms in total. The lowest BCUT2D eigenvalue weighted by atomic mass is 9.94. The molecule has 1 atom stereocenters. The Kier molecular flexibility index (Phi) is 9.33. The van der Waals surface area contributed by atoms with Crippen molar-refractivity contribution in [1.82, 2.24) is 9.69 Å². The number of nitrogens with one attached hydrogen (secondary N) is 1. The summed E-state index contributed by atoms with van der Waals surface area (Å²) in [6.45, 7) is 1.92. The number of nitrogen functional groups attached to an aromatic ring is 1. The number of aryl methyl sites for hydroxylation is 1. The molecule has 2 aromatic carbocycles. The van der Waals surface area contributed by atoms with E-state index in [2.05, 4.69) is 9.69 Å². The van der Waals surface area contributed by atoms with Crippen molar-refractivity contribution in [2.45, 2.75) is 51.1 Å². The third-order valence-electron chi connectivity index (χ3n) is 7.15. The molecular weight excluding hydrogens is 546 g/mol. The summed E-state index contributed by atoms with van der Waals surface area (Å²) in [5.74, 6) is -0.872. The highest BCUT2D eigenvalue weighted by molar-refractivity contribution is 7.09. The van der Waals surface area contributed by atoms with Crippen molar-refractivity contribution < 1.29 is 28.6 Å². The topological polar surface area (TPSA) is 159 Å². The summed E-state index contributed by atoms with van der Waals surface area (Å²) in [5.41, 5.74) is 13.1. The number of methoxy groups -OCH3 is 3. The van der Waals surface area contributed by atoms with Gasteiger partial charge in [0.05, 0.1) is 27.0 Å². The molecule has 12 heteroatoms. The van der Waals surface area contributed by atoms with Gasteiger partial charge in [-0.2, -0.15) is 4.37 Å². The van der Waals surface area contributed by atoms with Gasteiger partial charge in [-0.15, -0.1) is 0 Å². The van der Waals surface area contributed by atoms with Gasteiger partial charge in [0.1, 0.15) is 10.9 Å². The number of anilines is 2. The van der Waals surface area contributed by atoms with Crippen molar-refractivity contribution >= 4 is 40.6 Å². The number of benzene rings is 2. The molecule has 0 radical (unpaired) electrons. The van der Waals surface area contributed by atoms with Gasteiger partial charge in [-0.25, -0.2) is 0 Å². The fraction of sp³-hybridized carbons (Fsp3) is 0.379. The highest BCUT2D eigenvalue weighted by atomic mass is 32.1. The van der Waals surface area contributed by atoms with Crippen LogP contribution in [-0.2, 0) is 4.79 Å². The lowest BCUT2D eigenvalue weighted by Gasteiger charge is -2.33. The SMILES string of the molecule is COc1cc([C@H](C(=O)NC2CCCCC2)N(C(=O)c2snc(C(N)=O)c2N)c2ccc(C)cc2)cc(OC)c1OC. The first-order valence-corrected chi connectivity index (χ1v) is 14.0. The molecular formula is C29H35N5O6S. The second-order valence-electron chi connectivity index (χ2n) is 9.85. The number of amides is 3. The molecule has 5 N–H and O–H groups in total. The van der Waals surface area contributed by atoms with Gasteiger partial charge in [0.2, 0.25) is 11.7 Å². The molecule has 0 bridgehead atoms. The maximum atomic E-state index is 14.3. The highest BCUT2D eigenvalue weighted by Gasteiger charge is 2.38. The first-order valence-electron chi connectivity index (χ1n) is 13.3. The minimum absolute atomic E-state index is 0.0118. The first-order chi connectivity index (χ1) is 19.7. The average molecular weight is 582 g/mol. The van der Waals surface area contributed by atoms with Crippen LogP contribution in [0.5, 0.6) is 17.2 Å². The van der Waals surface area contributed by atoms with Crippen molar-refractivity contribution in [3.05, 3.63) is 58.1 Å². The average Bonchev–Trinajstić information content (AvgIpc) is 3.37. The van der Waals surface area contributed by atoms with Crippen LogP contribution in [0.4, 0.5) is 11.4 Å². The van der Waals surface area contributed by atoms with E-state index >= 15 is 0 Å². The summed E-state index contributed by atoms with van der Waals surface area (Å²) < 4.78 is 20.7. The molecule has 1 heterocycles. The Morgan fingerprint density at radius 3 is 2.12 bits per heavy atom. The summed E-state index contributed by atoms with van der Waals surface area (Å²) in [7, 11) is 4.44. The molecule has 1 fully saturated rings. The lowest BCUT2D eigenvalue weighted by Crippen LogP contribution is -2.47. The Morgan fingerprint density at radius 2 is 1.61 bits per heavy atom. The van der Waals surface area contributed by atoms with Crippen LogP contribution in [0.15, 0.2) is 36.4 Å². The second-order valence-corrected chi connectivity index (χ2v) is 10.6. The van der Waals surface area contributed by atoms with Gasteiger partial charge < -0.3 is 31.0 Å². The van der Waals surface area contributed by atoms with Gasteiger partial charge in [-0.05, 0) is 61.1 Å². The molecule has 4 rings (SSSR count). The fourth-order valence-electron chi connectivity index (χ4n) is 5.03. The van der Waals surface area contributed by atoms with Crippen LogP contribution < -0.4 is 35.9 Å². The van der Waals surface area contributed by atoms with Crippen LogP contribution in [0.25, 0.3) is 0 Å². The van der Waals surface area contributed by atoms with E-state index in [9.17, 15) is 14.4 Å². The van der Waals surface area contributed by atoms with E-state index in [1.54, 1.807) is 24.3 Å². The number of aromatic nitrogens is 1. The molecule has 0 aliphatic heterocycles. The maximum absolute atomic E-state index is 14.3. The van der Waals surface area contributed by atoms with Crippen molar-refractivity contribution in [3.8, 4) is 17.2 Å². The molecule has 1 aliphatic rings. The predicted molar refractivity (Wildman–Crippen MR) is 157 cm³/mol. The number of hydrogen-bond donors (Lipinski definition) is 3. The largest absolute Gasteiger partial charge is 0.493 e. The van der Waals surface area contributed by atoms with E-state index in [-0.39, 0.29) is 22.3 Å². The van der Waals surface area contributed by atoms with Gasteiger partial charge in [0, 0.05) is 11.7 Å². The minimum Gasteiger partial charge on any atom is -0.493 e. The van der Waals surface area contributed by atoms with Crippen molar-refractivity contribution in [2.24, 2.45) is 5.73 Å². The van der Waals surface area contributed by atoms with Crippen LogP contribution in [0.2, 0.25) is 0 Å². The van der Waals surface area contributed by atoms with Crippen molar-refractivity contribution in [1.29, 1.82) is 0 Å². The molecule has 0 saturated heterocycles. The standard InChI is InChI=1S/C29H35N5O6S/c1-16-10-12-19(13-11-16)34(29(37)26-22(30)23(27(31)35)33-41-26)24(28(36)32-18-8-6-5-7-9-18)17-14-20(38-2)25(40-4)21(15-17)39-3/h10-15,18,24H,5-9,30H2,1-4H3,(H2,31,35)(H,32,36)/t24-/m1/s1. The van der Waals surface area contributed by atoms with Crippen molar-refractivity contribution in [2.75, 3.05) is 32.0 Å². The fourth-order valence-corrected chi connectivity index (χ4v) is 5.77. The Bertz CT molecular complexity index is 1390. The normalized spacial score (nSPS) is 14.1. The van der Waals surface area contributed by atoms with E-state index in [1.807, 2.05) is 19.1 Å². The number of carbonyl (C=O) groups is 3. The number of primary amides is 1. The van der Waals surface area contributed by atoms with E-state index in [4.69, 9.17) is 25.7 Å². The lowest BCUT2D eigenvalue weighted by molar-refractivity contribution is -0.123. The first kappa shape index (κ1) is 29.7. The predicted octanol–water partition coefficient (Wildman–Crippen LogP) is 4.00. The maximum Gasteiger partial charge on any atom is 0.273 e. The van der Waals surface area contributed by atoms with Gasteiger partial charge in [0.25, 0.3) is 11.8 Å². The van der Waals surface area contributed by atoms with Crippen LogP contribution in [-0.4, -0.2) is 49.5 Å². The summed E-state index contributed by atoms with van der Waals surface area (Å²) in [6.07, 6.45) is 4.82. The van der Waals surface area contributed by atoms with E-state index in [1.165, 1.54) is 26.2 Å². The summed E-state index contributed by atoms with van der Waals surface area (Å²) in [6, 6.07) is 9.25. The number of carbonyl (C=O) groups excluding carboxylic acids is 3. The van der Waals surface area contributed by atoms with E-state index in [0.717, 1.165) is 49.2 Å². The molecule has 3 aromatic rings. The molecule has 1 aromatic heterocycles. The molecule has 3 amide bonds. The third kappa shape index (κ3) is 6.22. The molecule has 1 aliphatic carbocycles. The van der Waals surface area contributed by atoms with Crippen LogP contribution in [0.1, 0.15) is 69.4 Å². The van der Waals surface area contributed by atoms with E-state index < -0.39 is 23.8 Å². The smallest absolute Gasteiger partial charge is 0.273 e. The van der Waals surface area contributed by atoms with Crippen LogP contribution in [0.3, 0.4) is 0 Å². The number of rotatable bonds is 10. The minimum atomic E-state index is -1.18. The Hall–Kier alpha value is -4.32. The Balaban J connectivity index is 1.93. The highest BCUT2D eigenvalue weighted by Crippen LogP contribution is 2.42. The zero-order chi connectivity index (χ0) is 29.7. The van der Waals surface area contributed by atoms with Gasteiger partial charge in [0.15, 0.2) is 17.2 Å². The van der Waals surface area contributed by atoms with Crippen LogP contribution >= 0.6 is 11.5 Å². The molecule has 218 valence electrons. The number of ether oxygens (including phenoxy) is 3. The van der Waals surface area contributed by atoms with Gasteiger partial charge in [-0.1, -0.05) is 37.0 Å². The Labute approximate surface area is 242 Å². The second kappa shape index (κ2) is 12.9. The zero-order valence-corrected chi connectivity index (χ0v) is 24.4. The van der Waals surface area contributed by atoms with Gasteiger partial charge >= 0.3 is 0 Å². The monoisotopic (exact) mass is 581 g/mol. The summed E-state index contributed by atoms with van der Waals surface area (Å²) in [4.78, 5) is 41.8. The molecule has 1 saturated carbocycles.